The molecular formula is C36H44N4O3. The Bertz CT molecular complexity index is 1490. The SMILES string of the molecule is CCN(CC)c1ccc(C(=O)N[C@@H](CCCCCC(C)=O)C(=O)NCCc2c(-c3ccccc3)[nH]c3ccccc23)cc1. The number of para-hydroxylation sites is 1. The van der Waals surface area contributed by atoms with Gasteiger partial charge in [-0.25, -0.2) is 0 Å². The summed E-state index contributed by atoms with van der Waals surface area (Å²) < 4.78 is 0. The van der Waals surface area contributed by atoms with E-state index in [1.807, 2.05) is 54.6 Å². The maximum absolute atomic E-state index is 13.5. The number of hydrogen-bond donors (Lipinski definition) is 3. The standard InChI is InChI=1S/C36H44N4O3/c1-4-40(5-2)29-22-20-28(21-23-29)35(42)39-33(19-11-6-8-14-26(3)41)36(43)37-25-24-31-30-17-12-13-18-32(30)38-34(31)27-15-9-7-10-16-27/h7,9-10,12-13,15-18,20-23,33,38H,4-6,8,11,14,19,24-25H2,1-3H3,(H,37,43)(H,39,42)/t33-/m0/s1. The number of H-pyrrole nitrogens is 1. The first kappa shape index (κ1) is 31.5. The highest BCUT2D eigenvalue weighted by molar-refractivity contribution is 5.98. The van der Waals surface area contributed by atoms with Crippen molar-refractivity contribution < 1.29 is 14.4 Å². The number of ketones is 1. The predicted octanol–water partition coefficient (Wildman–Crippen LogP) is 6.68. The summed E-state index contributed by atoms with van der Waals surface area (Å²) in [6.45, 7) is 8.02. The van der Waals surface area contributed by atoms with Gasteiger partial charge in [0.25, 0.3) is 5.91 Å². The molecule has 0 unspecified atom stereocenters. The number of carbonyl (C=O) groups is 3. The van der Waals surface area contributed by atoms with Crippen LogP contribution in [-0.2, 0) is 16.0 Å². The molecule has 0 aliphatic carbocycles. The van der Waals surface area contributed by atoms with Crippen molar-refractivity contribution in [2.24, 2.45) is 0 Å². The number of nitrogens with zero attached hydrogens (tertiary/aromatic N) is 1. The minimum atomic E-state index is -0.663. The molecule has 3 N–H and O–H groups in total. The fraction of sp³-hybridized carbons (Fsp3) is 0.361. The normalized spacial score (nSPS) is 11.7. The van der Waals surface area contributed by atoms with Crippen molar-refractivity contribution in [2.45, 2.75) is 65.3 Å². The molecule has 7 heteroatoms. The Kier molecular flexibility index (Phi) is 11.5. The van der Waals surface area contributed by atoms with Gasteiger partial charge in [-0.2, -0.15) is 0 Å². The maximum Gasteiger partial charge on any atom is 0.251 e. The van der Waals surface area contributed by atoms with E-state index < -0.39 is 6.04 Å². The molecule has 0 fully saturated rings. The monoisotopic (exact) mass is 580 g/mol. The lowest BCUT2D eigenvalue weighted by molar-refractivity contribution is -0.123. The molecule has 2 amide bonds. The minimum Gasteiger partial charge on any atom is -0.372 e. The van der Waals surface area contributed by atoms with Crippen LogP contribution in [0.25, 0.3) is 22.2 Å². The molecule has 0 radical (unpaired) electrons. The fourth-order valence-electron chi connectivity index (χ4n) is 5.57. The van der Waals surface area contributed by atoms with Crippen molar-refractivity contribution in [1.29, 1.82) is 0 Å². The van der Waals surface area contributed by atoms with Gasteiger partial charge >= 0.3 is 0 Å². The Morgan fingerprint density at radius 2 is 1.53 bits per heavy atom. The largest absolute Gasteiger partial charge is 0.372 e. The van der Waals surface area contributed by atoms with Crippen molar-refractivity contribution in [3.05, 3.63) is 90.0 Å². The number of unbranched alkanes of at least 4 members (excludes halogenated alkanes) is 2. The first-order valence-electron chi connectivity index (χ1n) is 15.5. The molecule has 4 aromatic rings. The summed E-state index contributed by atoms with van der Waals surface area (Å²) in [5, 5.41) is 7.21. The molecule has 1 atom stereocenters. The van der Waals surface area contributed by atoms with E-state index in [-0.39, 0.29) is 17.6 Å². The van der Waals surface area contributed by atoms with Gasteiger partial charge in [0.1, 0.15) is 11.8 Å². The summed E-state index contributed by atoms with van der Waals surface area (Å²) in [5.74, 6) is -0.290. The maximum atomic E-state index is 13.5. The van der Waals surface area contributed by atoms with Gasteiger partial charge in [-0.15, -0.1) is 0 Å². The molecule has 0 aliphatic rings. The Labute approximate surface area is 255 Å². The number of rotatable bonds is 16. The van der Waals surface area contributed by atoms with E-state index >= 15 is 0 Å². The number of Topliss-reactive ketones (excluding diaryl/α,β-unsaturated/α-hetero) is 1. The summed E-state index contributed by atoms with van der Waals surface area (Å²) in [7, 11) is 0. The smallest absolute Gasteiger partial charge is 0.251 e. The molecule has 1 aromatic heterocycles. The van der Waals surface area contributed by atoms with Gasteiger partial charge in [-0.3, -0.25) is 9.59 Å². The first-order valence-corrected chi connectivity index (χ1v) is 15.5. The molecule has 226 valence electrons. The van der Waals surface area contributed by atoms with Gasteiger partial charge < -0.3 is 25.3 Å². The van der Waals surface area contributed by atoms with E-state index in [4.69, 9.17) is 0 Å². The van der Waals surface area contributed by atoms with Crippen LogP contribution in [0.2, 0.25) is 0 Å². The van der Waals surface area contributed by atoms with Gasteiger partial charge in [0, 0.05) is 53.9 Å². The number of nitrogens with one attached hydrogen (secondary N) is 3. The summed E-state index contributed by atoms with van der Waals surface area (Å²) in [6.07, 6.45) is 4.05. The summed E-state index contributed by atoms with van der Waals surface area (Å²) >= 11 is 0. The Balaban J connectivity index is 1.44. The number of hydrogen-bond acceptors (Lipinski definition) is 4. The second-order valence-electron chi connectivity index (χ2n) is 11.0. The van der Waals surface area contributed by atoms with Crippen LogP contribution < -0.4 is 15.5 Å². The number of anilines is 1. The number of benzene rings is 3. The second-order valence-corrected chi connectivity index (χ2v) is 11.0. The molecular weight excluding hydrogens is 536 g/mol. The van der Waals surface area contributed by atoms with Crippen molar-refractivity contribution in [2.75, 3.05) is 24.5 Å². The molecule has 4 rings (SSSR count). The van der Waals surface area contributed by atoms with E-state index in [1.165, 1.54) is 0 Å². The Morgan fingerprint density at radius 1 is 0.837 bits per heavy atom. The van der Waals surface area contributed by atoms with Gasteiger partial charge in [-0.1, -0.05) is 61.4 Å². The van der Waals surface area contributed by atoms with Gasteiger partial charge in [0.2, 0.25) is 5.91 Å². The van der Waals surface area contributed by atoms with Gasteiger partial charge in [0.05, 0.1) is 0 Å². The molecule has 0 aliphatic heterocycles. The highest BCUT2D eigenvalue weighted by Gasteiger charge is 2.22. The van der Waals surface area contributed by atoms with Crippen molar-refractivity contribution in [3.63, 3.8) is 0 Å². The van der Waals surface area contributed by atoms with E-state index in [0.29, 0.717) is 31.4 Å². The zero-order chi connectivity index (χ0) is 30.6. The quantitative estimate of drug-likeness (QED) is 0.129. The third-order valence-corrected chi connectivity index (χ3v) is 7.95. The number of aromatic nitrogens is 1. The average Bonchev–Trinajstić information content (AvgIpc) is 3.40. The van der Waals surface area contributed by atoms with Crippen LogP contribution in [0.5, 0.6) is 0 Å². The van der Waals surface area contributed by atoms with Gasteiger partial charge in [-0.05, 0) is 81.5 Å². The topological polar surface area (TPSA) is 94.3 Å². The van der Waals surface area contributed by atoms with Crippen LogP contribution in [0.1, 0.15) is 68.8 Å². The Morgan fingerprint density at radius 3 is 2.23 bits per heavy atom. The van der Waals surface area contributed by atoms with Crippen LogP contribution in [0.15, 0.2) is 78.9 Å². The highest BCUT2D eigenvalue weighted by atomic mass is 16.2. The predicted molar refractivity (Wildman–Crippen MR) is 175 cm³/mol. The molecule has 0 spiro atoms. The number of fused-ring (bicyclic) bond motifs is 1. The van der Waals surface area contributed by atoms with E-state index in [0.717, 1.165) is 65.8 Å². The molecule has 43 heavy (non-hydrogen) atoms. The molecule has 7 nitrogen and oxygen atoms in total. The molecule has 3 aromatic carbocycles. The number of carbonyl (C=O) groups excluding carboxylic acids is 3. The summed E-state index contributed by atoms with van der Waals surface area (Å²) in [4.78, 5) is 43.8. The van der Waals surface area contributed by atoms with Crippen LogP contribution in [0.4, 0.5) is 5.69 Å². The first-order chi connectivity index (χ1) is 20.9. The van der Waals surface area contributed by atoms with Crippen molar-refractivity contribution >= 4 is 34.2 Å². The van der Waals surface area contributed by atoms with Crippen LogP contribution >= 0.6 is 0 Å². The lowest BCUT2D eigenvalue weighted by Gasteiger charge is -2.21. The molecule has 0 saturated heterocycles. The lowest BCUT2D eigenvalue weighted by Crippen LogP contribution is -2.47. The summed E-state index contributed by atoms with van der Waals surface area (Å²) in [6, 6.07) is 25.3. The molecule has 0 saturated carbocycles. The van der Waals surface area contributed by atoms with Crippen molar-refractivity contribution in [3.8, 4) is 11.3 Å². The van der Waals surface area contributed by atoms with Crippen LogP contribution in [0, 0.1) is 0 Å². The highest BCUT2D eigenvalue weighted by Crippen LogP contribution is 2.30. The van der Waals surface area contributed by atoms with Gasteiger partial charge in [0.15, 0.2) is 0 Å². The van der Waals surface area contributed by atoms with E-state index in [9.17, 15) is 14.4 Å². The van der Waals surface area contributed by atoms with Crippen molar-refractivity contribution in [1.82, 2.24) is 15.6 Å². The molecule has 0 bridgehead atoms. The lowest BCUT2D eigenvalue weighted by atomic mass is 10.0. The van der Waals surface area contributed by atoms with Crippen LogP contribution in [0.3, 0.4) is 0 Å². The Hall–Kier alpha value is -4.39. The third-order valence-electron chi connectivity index (χ3n) is 7.95. The summed E-state index contributed by atoms with van der Waals surface area (Å²) in [5.41, 5.74) is 5.96. The fourth-order valence-corrected chi connectivity index (χ4v) is 5.57. The minimum absolute atomic E-state index is 0.169. The van der Waals surface area contributed by atoms with Crippen LogP contribution in [-0.4, -0.2) is 48.3 Å². The van der Waals surface area contributed by atoms with E-state index in [2.05, 4.69) is 58.6 Å². The third kappa shape index (κ3) is 8.57. The zero-order valence-corrected chi connectivity index (χ0v) is 25.6. The molecule has 1 heterocycles. The zero-order valence-electron chi connectivity index (χ0n) is 25.6. The average molecular weight is 581 g/mol. The second kappa shape index (κ2) is 15.7. The number of aromatic amines is 1. The van der Waals surface area contributed by atoms with E-state index in [1.54, 1.807) is 6.92 Å². The number of amides is 2.